The molecular weight excluding hydrogens is 274 g/mol. The van der Waals surface area contributed by atoms with Gasteiger partial charge in [-0.25, -0.2) is 0 Å². The Morgan fingerprint density at radius 1 is 1.67 bits per heavy atom. The fourth-order valence-electron chi connectivity index (χ4n) is 1.71. The number of thiophene rings is 1. The number of rotatable bonds is 3. The quantitative estimate of drug-likeness (QED) is 0.835. The van der Waals surface area contributed by atoms with Crippen molar-refractivity contribution < 1.29 is 4.79 Å². The van der Waals surface area contributed by atoms with Crippen LogP contribution in [0.4, 0.5) is 0 Å². The molecule has 0 aromatic carbocycles. The molecular formula is C11H14BrNOS. The highest BCUT2D eigenvalue weighted by Gasteiger charge is 2.32. The largest absolute Gasteiger partial charge is 0.339 e. The average Bonchev–Trinajstić information content (AvgIpc) is 2.98. The molecule has 82 valence electrons. The van der Waals surface area contributed by atoms with Crippen molar-refractivity contribution in [1.82, 2.24) is 4.90 Å². The minimum Gasteiger partial charge on any atom is -0.339 e. The summed E-state index contributed by atoms with van der Waals surface area (Å²) in [6.45, 7) is 2.14. The summed E-state index contributed by atoms with van der Waals surface area (Å²) < 4.78 is 1.01. The topological polar surface area (TPSA) is 20.3 Å². The van der Waals surface area contributed by atoms with Gasteiger partial charge in [-0.05, 0) is 47.7 Å². The van der Waals surface area contributed by atoms with E-state index in [1.54, 1.807) is 11.3 Å². The second-order valence-corrected chi connectivity index (χ2v) is 6.42. The van der Waals surface area contributed by atoms with E-state index >= 15 is 0 Å². The van der Waals surface area contributed by atoms with E-state index in [9.17, 15) is 4.79 Å². The van der Waals surface area contributed by atoms with Crippen LogP contribution in [0.2, 0.25) is 0 Å². The number of amides is 1. The Balaban J connectivity index is 2.06. The molecule has 1 amide bonds. The molecule has 0 spiro atoms. The zero-order chi connectivity index (χ0) is 11.0. The molecule has 1 atom stereocenters. The summed E-state index contributed by atoms with van der Waals surface area (Å²) in [4.78, 5) is 13.9. The third-order valence-electron chi connectivity index (χ3n) is 3.05. The van der Waals surface area contributed by atoms with Gasteiger partial charge in [0, 0.05) is 18.5 Å². The molecule has 1 saturated carbocycles. The number of carbonyl (C=O) groups excluding carboxylic acids is 1. The molecule has 0 N–H and O–H groups in total. The number of hydrogen-bond acceptors (Lipinski definition) is 2. The van der Waals surface area contributed by atoms with Gasteiger partial charge in [0.05, 0.1) is 9.35 Å². The van der Waals surface area contributed by atoms with Crippen molar-refractivity contribution in [3.63, 3.8) is 0 Å². The van der Waals surface area contributed by atoms with Crippen molar-refractivity contribution in [2.24, 2.45) is 5.92 Å². The molecule has 2 nitrogen and oxygen atoms in total. The second-order valence-electron chi connectivity index (χ2n) is 4.13. The van der Waals surface area contributed by atoms with Gasteiger partial charge in [-0.15, -0.1) is 11.3 Å². The fourth-order valence-corrected chi connectivity index (χ4v) is 2.84. The highest BCUT2D eigenvalue weighted by Crippen LogP contribution is 2.35. The van der Waals surface area contributed by atoms with Crippen molar-refractivity contribution >= 4 is 33.2 Å². The summed E-state index contributed by atoms with van der Waals surface area (Å²) in [5.74, 6) is 0.859. The molecule has 4 heteroatoms. The highest BCUT2D eigenvalue weighted by atomic mass is 79.9. The van der Waals surface area contributed by atoms with Crippen LogP contribution in [0.1, 0.15) is 30.1 Å². The molecule has 15 heavy (non-hydrogen) atoms. The summed E-state index contributed by atoms with van der Waals surface area (Å²) in [6, 6.07) is 2.26. The Bertz CT molecular complexity index is 372. The fraction of sp³-hybridized carbons (Fsp3) is 0.545. The molecule has 1 aromatic rings. The van der Waals surface area contributed by atoms with Crippen molar-refractivity contribution in [2.75, 3.05) is 7.05 Å². The Labute approximate surface area is 102 Å². The van der Waals surface area contributed by atoms with Crippen LogP contribution in [0.5, 0.6) is 0 Å². The average molecular weight is 288 g/mol. The van der Waals surface area contributed by atoms with Crippen LogP contribution in [0.25, 0.3) is 0 Å². The molecule has 1 heterocycles. The van der Waals surface area contributed by atoms with Gasteiger partial charge in [0.2, 0.25) is 0 Å². The first kappa shape index (κ1) is 11.1. The number of hydrogen-bond donors (Lipinski definition) is 0. The summed E-state index contributed by atoms with van der Waals surface area (Å²) in [5, 5.41) is 1.91. The molecule has 2 rings (SSSR count). The van der Waals surface area contributed by atoms with Gasteiger partial charge in [-0.2, -0.15) is 0 Å². The maximum absolute atomic E-state index is 12.0. The van der Waals surface area contributed by atoms with Gasteiger partial charge < -0.3 is 4.90 Å². The number of halogens is 1. The first-order valence-corrected chi connectivity index (χ1v) is 6.78. The maximum atomic E-state index is 12.0. The molecule has 0 saturated heterocycles. The van der Waals surface area contributed by atoms with Crippen LogP contribution < -0.4 is 0 Å². The predicted molar refractivity (Wildman–Crippen MR) is 66.3 cm³/mol. The Hall–Kier alpha value is -0.350. The van der Waals surface area contributed by atoms with E-state index in [-0.39, 0.29) is 5.91 Å². The molecule has 0 bridgehead atoms. The van der Waals surface area contributed by atoms with Crippen molar-refractivity contribution in [2.45, 2.75) is 25.8 Å². The van der Waals surface area contributed by atoms with Crippen molar-refractivity contribution in [1.29, 1.82) is 0 Å². The van der Waals surface area contributed by atoms with Crippen LogP contribution in [0.3, 0.4) is 0 Å². The number of nitrogens with zero attached hydrogens (tertiary/aromatic N) is 1. The third-order valence-corrected chi connectivity index (χ3v) is 4.55. The minimum atomic E-state index is 0.136. The number of carbonyl (C=O) groups is 1. The lowest BCUT2D eigenvalue weighted by Gasteiger charge is -2.24. The van der Waals surface area contributed by atoms with Crippen LogP contribution in [0.15, 0.2) is 15.2 Å². The second kappa shape index (κ2) is 4.26. The lowest BCUT2D eigenvalue weighted by Crippen LogP contribution is -2.36. The lowest BCUT2D eigenvalue weighted by molar-refractivity contribution is 0.0728. The minimum absolute atomic E-state index is 0.136. The van der Waals surface area contributed by atoms with E-state index in [1.165, 1.54) is 12.8 Å². The van der Waals surface area contributed by atoms with Crippen LogP contribution in [-0.4, -0.2) is 23.9 Å². The monoisotopic (exact) mass is 287 g/mol. The summed E-state index contributed by atoms with van der Waals surface area (Å²) >= 11 is 4.93. The van der Waals surface area contributed by atoms with E-state index in [1.807, 2.05) is 23.4 Å². The van der Waals surface area contributed by atoms with Gasteiger partial charge in [-0.3, -0.25) is 4.79 Å². The highest BCUT2D eigenvalue weighted by molar-refractivity contribution is 9.11. The van der Waals surface area contributed by atoms with Crippen LogP contribution in [0, 0.1) is 5.92 Å². The molecule has 0 radical (unpaired) electrons. The molecule has 1 aliphatic carbocycles. The molecule has 0 aliphatic heterocycles. The SMILES string of the molecule is C[C@@H](C1CC1)N(C)C(=O)c1csc(Br)c1. The standard InChI is InChI=1S/C11H14BrNOS/c1-7(8-3-4-8)13(2)11(14)9-5-10(12)15-6-9/h5-8H,3-4H2,1-2H3/t7-/m0/s1. The van der Waals surface area contributed by atoms with E-state index in [0.29, 0.717) is 6.04 Å². The zero-order valence-electron chi connectivity index (χ0n) is 8.87. The Morgan fingerprint density at radius 3 is 2.80 bits per heavy atom. The van der Waals surface area contributed by atoms with E-state index in [0.717, 1.165) is 15.3 Å². The van der Waals surface area contributed by atoms with Crippen LogP contribution in [-0.2, 0) is 0 Å². The van der Waals surface area contributed by atoms with E-state index in [2.05, 4.69) is 22.9 Å². The summed E-state index contributed by atoms with van der Waals surface area (Å²) in [5.41, 5.74) is 0.793. The van der Waals surface area contributed by atoms with E-state index in [4.69, 9.17) is 0 Å². The third kappa shape index (κ3) is 2.42. The Morgan fingerprint density at radius 2 is 2.33 bits per heavy atom. The Kier molecular flexibility index (Phi) is 3.16. The van der Waals surface area contributed by atoms with Crippen LogP contribution >= 0.6 is 27.3 Å². The predicted octanol–water partition coefficient (Wildman–Crippen LogP) is 3.38. The van der Waals surface area contributed by atoms with E-state index < -0.39 is 0 Å². The van der Waals surface area contributed by atoms with Gasteiger partial charge in [-0.1, -0.05) is 0 Å². The summed E-state index contributed by atoms with van der Waals surface area (Å²) in [6.07, 6.45) is 2.54. The van der Waals surface area contributed by atoms with Crippen molar-refractivity contribution in [3.05, 3.63) is 20.8 Å². The molecule has 1 aromatic heterocycles. The first-order chi connectivity index (χ1) is 7.09. The van der Waals surface area contributed by atoms with Gasteiger partial charge in [0.15, 0.2) is 0 Å². The molecule has 1 aliphatic rings. The smallest absolute Gasteiger partial charge is 0.254 e. The lowest BCUT2D eigenvalue weighted by atomic mass is 10.1. The zero-order valence-corrected chi connectivity index (χ0v) is 11.3. The van der Waals surface area contributed by atoms with Gasteiger partial charge in [0.25, 0.3) is 5.91 Å². The molecule has 1 fully saturated rings. The van der Waals surface area contributed by atoms with Gasteiger partial charge in [0.1, 0.15) is 0 Å². The first-order valence-electron chi connectivity index (χ1n) is 5.11. The van der Waals surface area contributed by atoms with Gasteiger partial charge >= 0.3 is 0 Å². The normalized spacial score (nSPS) is 17.5. The molecule has 0 unspecified atom stereocenters. The summed E-state index contributed by atoms with van der Waals surface area (Å²) in [7, 11) is 1.90. The maximum Gasteiger partial charge on any atom is 0.254 e. The van der Waals surface area contributed by atoms with Crippen molar-refractivity contribution in [3.8, 4) is 0 Å².